The van der Waals surface area contributed by atoms with Gasteiger partial charge in [0, 0.05) is 13.2 Å². The highest BCUT2D eigenvalue weighted by Crippen LogP contribution is 2.16. The average Bonchev–Trinajstić information content (AvgIpc) is 2.38. The monoisotopic (exact) mass is 249 g/mol. The quantitative estimate of drug-likeness (QED) is 0.795. The van der Waals surface area contributed by atoms with Gasteiger partial charge in [0.2, 0.25) is 0 Å². The van der Waals surface area contributed by atoms with Crippen LogP contribution in [0.4, 0.5) is 0 Å². The number of rotatable bonds is 7. The van der Waals surface area contributed by atoms with Crippen LogP contribution in [0.15, 0.2) is 24.3 Å². The highest BCUT2D eigenvalue weighted by atomic mass is 16.5. The van der Waals surface area contributed by atoms with Gasteiger partial charge in [0.05, 0.1) is 5.60 Å². The lowest BCUT2D eigenvalue weighted by molar-refractivity contribution is 0.0154. The molecule has 1 atom stereocenters. The molecule has 0 radical (unpaired) electrons. The smallest absolute Gasteiger partial charge is 0.0634 e. The topological polar surface area (TPSA) is 21.3 Å². The van der Waals surface area contributed by atoms with Crippen molar-refractivity contribution in [1.29, 1.82) is 0 Å². The third kappa shape index (κ3) is 4.79. The lowest BCUT2D eigenvalue weighted by Crippen LogP contribution is -2.30. The van der Waals surface area contributed by atoms with Crippen molar-refractivity contribution in [3.63, 3.8) is 0 Å². The summed E-state index contributed by atoms with van der Waals surface area (Å²) in [5, 5.41) is 3.55. The summed E-state index contributed by atoms with van der Waals surface area (Å²) in [6.45, 7) is 9.60. The van der Waals surface area contributed by atoms with Crippen molar-refractivity contribution in [2.24, 2.45) is 0 Å². The molecule has 0 aromatic heterocycles. The fourth-order valence-electron chi connectivity index (χ4n) is 1.85. The Balaban J connectivity index is 2.42. The van der Waals surface area contributed by atoms with Crippen LogP contribution in [0.1, 0.15) is 51.3 Å². The predicted octanol–water partition coefficient (Wildman–Crippen LogP) is 3.71. The Bertz CT molecular complexity index is 343. The maximum absolute atomic E-state index is 5.42. The second-order valence-electron chi connectivity index (χ2n) is 5.48. The molecule has 0 spiro atoms. The second-order valence-corrected chi connectivity index (χ2v) is 5.48. The molecule has 2 nitrogen and oxygen atoms in total. The molecule has 0 aliphatic rings. The van der Waals surface area contributed by atoms with Gasteiger partial charge in [-0.25, -0.2) is 0 Å². The molecular weight excluding hydrogens is 222 g/mol. The number of hydrogen-bond donors (Lipinski definition) is 1. The highest BCUT2D eigenvalue weighted by molar-refractivity contribution is 5.24. The van der Waals surface area contributed by atoms with Gasteiger partial charge in [-0.3, -0.25) is 0 Å². The summed E-state index contributed by atoms with van der Waals surface area (Å²) in [7, 11) is 1.77. The second kappa shape index (κ2) is 6.91. The number of nitrogens with one attached hydrogen (secondary N) is 1. The summed E-state index contributed by atoms with van der Waals surface area (Å²) in [5.41, 5.74) is 2.70. The molecule has 0 aliphatic carbocycles. The molecule has 2 heteroatoms. The van der Waals surface area contributed by atoms with E-state index < -0.39 is 0 Å². The molecule has 18 heavy (non-hydrogen) atoms. The van der Waals surface area contributed by atoms with Crippen LogP contribution in [-0.4, -0.2) is 19.3 Å². The molecular formula is C16H27NO. The molecule has 1 N–H and O–H groups in total. The van der Waals surface area contributed by atoms with Crippen LogP contribution in [0.3, 0.4) is 0 Å². The minimum atomic E-state index is -0.0429. The average molecular weight is 249 g/mol. The number of aryl methyl sites for hydroxylation is 1. The van der Waals surface area contributed by atoms with Gasteiger partial charge in [-0.05, 0) is 51.3 Å². The molecule has 0 heterocycles. The maximum Gasteiger partial charge on any atom is 0.0634 e. The standard InChI is InChI=1S/C16H27NO/c1-6-14-7-9-15(10-8-14)13(2)17-12-11-16(3,4)18-5/h7-10,13,17H,6,11-12H2,1-5H3. The fourth-order valence-corrected chi connectivity index (χ4v) is 1.85. The van der Waals surface area contributed by atoms with Gasteiger partial charge in [0.25, 0.3) is 0 Å². The van der Waals surface area contributed by atoms with Gasteiger partial charge < -0.3 is 10.1 Å². The first-order chi connectivity index (χ1) is 8.48. The third-order valence-electron chi connectivity index (χ3n) is 3.62. The zero-order chi connectivity index (χ0) is 13.6. The van der Waals surface area contributed by atoms with E-state index in [4.69, 9.17) is 4.74 Å². The molecule has 102 valence electrons. The first-order valence-electron chi connectivity index (χ1n) is 6.86. The Kier molecular flexibility index (Phi) is 5.83. The third-order valence-corrected chi connectivity index (χ3v) is 3.62. The Hall–Kier alpha value is -0.860. The maximum atomic E-state index is 5.42. The van der Waals surface area contributed by atoms with E-state index in [1.54, 1.807) is 7.11 Å². The van der Waals surface area contributed by atoms with E-state index in [2.05, 4.69) is 57.3 Å². The molecule has 1 unspecified atom stereocenters. The van der Waals surface area contributed by atoms with Gasteiger partial charge in [-0.1, -0.05) is 31.2 Å². The number of methoxy groups -OCH3 is 1. The van der Waals surface area contributed by atoms with E-state index in [-0.39, 0.29) is 5.60 Å². The highest BCUT2D eigenvalue weighted by Gasteiger charge is 2.16. The summed E-state index contributed by atoms with van der Waals surface area (Å²) in [5.74, 6) is 0. The minimum absolute atomic E-state index is 0.0429. The van der Waals surface area contributed by atoms with Crippen LogP contribution >= 0.6 is 0 Å². The van der Waals surface area contributed by atoms with Gasteiger partial charge >= 0.3 is 0 Å². The SMILES string of the molecule is CCc1ccc(C(C)NCCC(C)(C)OC)cc1. The van der Waals surface area contributed by atoms with Crippen molar-refractivity contribution in [3.8, 4) is 0 Å². The summed E-state index contributed by atoms with van der Waals surface area (Å²) >= 11 is 0. The van der Waals surface area contributed by atoms with Crippen LogP contribution in [-0.2, 0) is 11.2 Å². The van der Waals surface area contributed by atoms with E-state index >= 15 is 0 Å². The van der Waals surface area contributed by atoms with Gasteiger partial charge in [-0.15, -0.1) is 0 Å². The molecule has 1 aromatic rings. The molecule has 0 fully saturated rings. The van der Waals surface area contributed by atoms with Crippen LogP contribution in [0.25, 0.3) is 0 Å². The molecule has 1 aromatic carbocycles. The molecule has 1 rings (SSSR count). The number of hydrogen-bond acceptors (Lipinski definition) is 2. The number of ether oxygens (including phenoxy) is 1. The van der Waals surface area contributed by atoms with Gasteiger partial charge in [0.1, 0.15) is 0 Å². The van der Waals surface area contributed by atoms with E-state index in [1.165, 1.54) is 11.1 Å². The van der Waals surface area contributed by atoms with Crippen molar-refractivity contribution in [2.75, 3.05) is 13.7 Å². The molecule has 0 saturated carbocycles. The Morgan fingerprint density at radius 1 is 1.22 bits per heavy atom. The lowest BCUT2D eigenvalue weighted by Gasteiger charge is -2.24. The Morgan fingerprint density at radius 3 is 2.33 bits per heavy atom. The van der Waals surface area contributed by atoms with Crippen LogP contribution in [0.2, 0.25) is 0 Å². The summed E-state index contributed by atoms with van der Waals surface area (Å²) in [4.78, 5) is 0. The van der Waals surface area contributed by atoms with E-state index in [9.17, 15) is 0 Å². The van der Waals surface area contributed by atoms with E-state index in [0.717, 1.165) is 19.4 Å². The fraction of sp³-hybridized carbons (Fsp3) is 0.625. The van der Waals surface area contributed by atoms with Crippen LogP contribution in [0, 0.1) is 0 Å². The summed E-state index contributed by atoms with van der Waals surface area (Å²) in [6, 6.07) is 9.26. The van der Waals surface area contributed by atoms with Crippen LogP contribution < -0.4 is 5.32 Å². The van der Waals surface area contributed by atoms with Crippen molar-refractivity contribution in [1.82, 2.24) is 5.32 Å². The van der Waals surface area contributed by atoms with Crippen molar-refractivity contribution in [2.45, 2.75) is 52.2 Å². The Morgan fingerprint density at radius 2 is 1.83 bits per heavy atom. The van der Waals surface area contributed by atoms with Crippen molar-refractivity contribution in [3.05, 3.63) is 35.4 Å². The molecule has 0 saturated heterocycles. The van der Waals surface area contributed by atoms with E-state index in [0.29, 0.717) is 6.04 Å². The Labute approximate surface area is 112 Å². The zero-order valence-corrected chi connectivity index (χ0v) is 12.4. The van der Waals surface area contributed by atoms with Gasteiger partial charge in [-0.2, -0.15) is 0 Å². The van der Waals surface area contributed by atoms with E-state index in [1.807, 2.05) is 0 Å². The molecule has 0 aliphatic heterocycles. The van der Waals surface area contributed by atoms with Crippen LogP contribution in [0.5, 0.6) is 0 Å². The molecule has 0 amide bonds. The van der Waals surface area contributed by atoms with Crippen molar-refractivity contribution < 1.29 is 4.74 Å². The summed E-state index contributed by atoms with van der Waals surface area (Å²) in [6.07, 6.45) is 2.12. The first kappa shape index (κ1) is 15.2. The summed E-state index contributed by atoms with van der Waals surface area (Å²) < 4.78 is 5.42. The molecule has 0 bridgehead atoms. The lowest BCUT2D eigenvalue weighted by atomic mass is 10.0. The largest absolute Gasteiger partial charge is 0.379 e. The normalized spacial score (nSPS) is 13.6. The predicted molar refractivity (Wildman–Crippen MR) is 77.9 cm³/mol. The zero-order valence-electron chi connectivity index (χ0n) is 12.4. The van der Waals surface area contributed by atoms with Crippen molar-refractivity contribution >= 4 is 0 Å². The van der Waals surface area contributed by atoms with Gasteiger partial charge in [0.15, 0.2) is 0 Å². The minimum Gasteiger partial charge on any atom is -0.379 e. The first-order valence-corrected chi connectivity index (χ1v) is 6.86. The number of benzene rings is 1.